The first kappa shape index (κ1) is 10.5. The van der Waals surface area contributed by atoms with E-state index in [4.69, 9.17) is 4.74 Å². The van der Waals surface area contributed by atoms with Crippen LogP contribution in [-0.2, 0) is 11.3 Å². The first-order valence-corrected chi connectivity index (χ1v) is 5.43. The topological polar surface area (TPSA) is 33.3 Å². The minimum atomic E-state index is 0.572. The van der Waals surface area contributed by atoms with Gasteiger partial charge in [-0.15, -0.1) is 0 Å². The van der Waals surface area contributed by atoms with Gasteiger partial charge in [0.1, 0.15) is 0 Å². The Hall–Kier alpha value is -1.06. The standard InChI is InChI=1S/C12H18N2O/c1-15-9-10-3-2-4-11(7-10)14-12-5-6-13-8-12/h2-4,7,12-14H,5-6,8-9H2,1H3. The van der Waals surface area contributed by atoms with E-state index in [9.17, 15) is 0 Å². The number of hydrogen-bond donors (Lipinski definition) is 2. The van der Waals surface area contributed by atoms with E-state index < -0.39 is 0 Å². The van der Waals surface area contributed by atoms with Gasteiger partial charge in [-0.3, -0.25) is 0 Å². The fourth-order valence-electron chi connectivity index (χ4n) is 1.93. The number of ether oxygens (including phenoxy) is 1. The van der Waals surface area contributed by atoms with Gasteiger partial charge in [0, 0.05) is 25.4 Å². The van der Waals surface area contributed by atoms with Crippen LogP contribution in [0.4, 0.5) is 5.69 Å². The molecule has 0 radical (unpaired) electrons. The zero-order valence-electron chi connectivity index (χ0n) is 9.12. The maximum Gasteiger partial charge on any atom is 0.0713 e. The van der Waals surface area contributed by atoms with E-state index in [0.29, 0.717) is 12.6 Å². The highest BCUT2D eigenvalue weighted by atomic mass is 16.5. The normalized spacial score (nSPS) is 20.5. The summed E-state index contributed by atoms with van der Waals surface area (Å²) in [6.07, 6.45) is 1.20. The SMILES string of the molecule is COCc1cccc(NC2CCNC2)c1. The van der Waals surface area contributed by atoms with Crippen LogP contribution in [0.5, 0.6) is 0 Å². The smallest absolute Gasteiger partial charge is 0.0713 e. The monoisotopic (exact) mass is 206 g/mol. The lowest BCUT2D eigenvalue weighted by Gasteiger charge is -2.13. The van der Waals surface area contributed by atoms with Crippen molar-refractivity contribution in [1.82, 2.24) is 5.32 Å². The number of benzene rings is 1. The second-order valence-corrected chi connectivity index (χ2v) is 3.97. The molecule has 15 heavy (non-hydrogen) atoms. The molecule has 1 unspecified atom stereocenters. The molecule has 0 saturated carbocycles. The van der Waals surface area contributed by atoms with Gasteiger partial charge in [-0.2, -0.15) is 0 Å². The van der Waals surface area contributed by atoms with E-state index >= 15 is 0 Å². The Morgan fingerprint density at radius 2 is 2.47 bits per heavy atom. The van der Waals surface area contributed by atoms with Crippen LogP contribution < -0.4 is 10.6 Å². The molecule has 1 aromatic rings. The molecule has 3 heteroatoms. The number of anilines is 1. The molecule has 2 N–H and O–H groups in total. The van der Waals surface area contributed by atoms with Gasteiger partial charge in [0.25, 0.3) is 0 Å². The van der Waals surface area contributed by atoms with E-state index in [-0.39, 0.29) is 0 Å². The third-order valence-electron chi connectivity index (χ3n) is 2.67. The van der Waals surface area contributed by atoms with Crippen LogP contribution in [0.2, 0.25) is 0 Å². The Balaban J connectivity index is 1.97. The molecule has 1 aliphatic rings. The lowest BCUT2D eigenvalue weighted by molar-refractivity contribution is 0.185. The number of rotatable bonds is 4. The Labute approximate surface area is 90.8 Å². The molecule has 3 nitrogen and oxygen atoms in total. The lowest BCUT2D eigenvalue weighted by Crippen LogP contribution is -2.22. The van der Waals surface area contributed by atoms with Gasteiger partial charge in [0.05, 0.1) is 6.61 Å². The molecule has 82 valence electrons. The summed E-state index contributed by atoms with van der Waals surface area (Å²) in [4.78, 5) is 0. The molecular formula is C12H18N2O. The molecule has 1 fully saturated rings. The lowest BCUT2D eigenvalue weighted by atomic mass is 10.2. The summed E-state index contributed by atoms with van der Waals surface area (Å²) in [7, 11) is 1.72. The fourth-order valence-corrected chi connectivity index (χ4v) is 1.93. The van der Waals surface area contributed by atoms with Gasteiger partial charge in [0.15, 0.2) is 0 Å². The Bertz CT molecular complexity index is 308. The molecule has 1 aromatic carbocycles. The highest BCUT2D eigenvalue weighted by Gasteiger charge is 2.13. The summed E-state index contributed by atoms with van der Waals surface area (Å²) in [5.74, 6) is 0. The molecule has 1 aliphatic heterocycles. The zero-order chi connectivity index (χ0) is 10.5. The van der Waals surface area contributed by atoms with Gasteiger partial charge in [-0.25, -0.2) is 0 Å². The molecule has 0 spiro atoms. The van der Waals surface area contributed by atoms with E-state index in [1.165, 1.54) is 17.7 Å². The van der Waals surface area contributed by atoms with E-state index in [0.717, 1.165) is 13.1 Å². The molecule has 0 amide bonds. The van der Waals surface area contributed by atoms with Gasteiger partial charge >= 0.3 is 0 Å². The average Bonchev–Trinajstić information content (AvgIpc) is 2.71. The first-order valence-electron chi connectivity index (χ1n) is 5.43. The van der Waals surface area contributed by atoms with Crippen molar-refractivity contribution in [2.24, 2.45) is 0 Å². The Kier molecular flexibility index (Phi) is 3.59. The van der Waals surface area contributed by atoms with Gasteiger partial charge in [0.2, 0.25) is 0 Å². The minimum absolute atomic E-state index is 0.572. The summed E-state index contributed by atoms with van der Waals surface area (Å²) in [5, 5.41) is 6.87. The first-order chi connectivity index (χ1) is 7.38. The maximum absolute atomic E-state index is 5.11. The quantitative estimate of drug-likeness (QED) is 0.785. The van der Waals surface area contributed by atoms with Crippen molar-refractivity contribution < 1.29 is 4.74 Å². The van der Waals surface area contributed by atoms with Crippen molar-refractivity contribution in [3.63, 3.8) is 0 Å². The van der Waals surface area contributed by atoms with E-state index in [1.54, 1.807) is 7.11 Å². The number of methoxy groups -OCH3 is 1. The van der Waals surface area contributed by atoms with Crippen molar-refractivity contribution in [1.29, 1.82) is 0 Å². The molecule has 1 heterocycles. The third kappa shape index (κ3) is 2.94. The summed E-state index contributed by atoms with van der Waals surface area (Å²) in [6, 6.07) is 8.99. The molecular weight excluding hydrogens is 188 g/mol. The third-order valence-corrected chi connectivity index (χ3v) is 2.67. The summed E-state index contributed by atoms with van der Waals surface area (Å²) < 4.78 is 5.11. The van der Waals surface area contributed by atoms with Crippen molar-refractivity contribution >= 4 is 5.69 Å². The summed E-state index contributed by atoms with van der Waals surface area (Å²) in [6.45, 7) is 2.86. The van der Waals surface area contributed by atoms with Crippen LogP contribution in [0.3, 0.4) is 0 Å². The molecule has 0 aromatic heterocycles. The highest BCUT2D eigenvalue weighted by Crippen LogP contribution is 2.14. The van der Waals surface area contributed by atoms with Crippen molar-refractivity contribution in [3.8, 4) is 0 Å². The minimum Gasteiger partial charge on any atom is -0.381 e. The Morgan fingerprint density at radius 1 is 1.53 bits per heavy atom. The van der Waals surface area contributed by atoms with Crippen molar-refractivity contribution in [3.05, 3.63) is 29.8 Å². The molecule has 2 rings (SSSR count). The molecule has 0 bridgehead atoms. The molecule has 0 aliphatic carbocycles. The summed E-state index contributed by atoms with van der Waals surface area (Å²) in [5.41, 5.74) is 2.41. The maximum atomic E-state index is 5.11. The van der Waals surface area contributed by atoms with Crippen molar-refractivity contribution in [2.75, 3.05) is 25.5 Å². The number of hydrogen-bond acceptors (Lipinski definition) is 3. The fraction of sp³-hybridized carbons (Fsp3) is 0.500. The van der Waals surface area contributed by atoms with Crippen LogP contribution in [0.25, 0.3) is 0 Å². The second-order valence-electron chi connectivity index (χ2n) is 3.97. The van der Waals surface area contributed by atoms with Gasteiger partial charge in [-0.1, -0.05) is 12.1 Å². The van der Waals surface area contributed by atoms with Crippen molar-refractivity contribution in [2.45, 2.75) is 19.1 Å². The van der Waals surface area contributed by atoms with Crippen LogP contribution in [0.1, 0.15) is 12.0 Å². The van der Waals surface area contributed by atoms with Gasteiger partial charge in [-0.05, 0) is 30.7 Å². The van der Waals surface area contributed by atoms with Crippen LogP contribution in [0, 0.1) is 0 Å². The predicted molar refractivity (Wildman–Crippen MR) is 62.1 cm³/mol. The largest absolute Gasteiger partial charge is 0.381 e. The van der Waals surface area contributed by atoms with Gasteiger partial charge < -0.3 is 15.4 Å². The second kappa shape index (κ2) is 5.14. The molecule has 1 saturated heterocycles. The highest BCUT2D eigenvalue weighted by molar-refractivity contribution is 5.46. The van der Waals surface area contributed by atoms with Crippen LogP contribution >= 0.6 is 0 Å². The van der Waals surface area contributed by atoms with Crippen LogP contribution in [0.15, 0.2) is 24.3 Å². The predicted octanol–water partition coefficient (Wildman–Crippen LogP) is 1.61. The number of nitrogens with one attached hydrogen (secondary N) is 2. The van der Waals surface area contributed by atoms with E-state index in [2.05, 4.69) is 34.9 Å². The molecule has 1 atom stereocenters. The van der Waals surface area contributed by atoms with Crippen LogP contribution in [-0.4, -0.2) is 26.2 Å². The zero-order valence-corrected chi connectivity index (χ0v) is 9.12. The summed E-state index contributed by atoms with van der Waals surface area (Å²) >= 11 is 0. The Morgan fingerprint density at radius 3 is 3.20 bits per heavy atom. The van der Waals surface area contributed by atoms with E-state index in [1.807, 2.05) is 0 Å². The average molecular weight is 206 g/mol.